The van der Waals surface area contributed by atoms with E-state index in [1.165, 1.54) is 11.3 Å². The summed E-state index contributed by atoms with van der Waals surface area (Å²) in [5, 5.41) is 14.0. The Morgan fingerprint density at radius 2 is 2.33 bits per heavy atom. The molecule has 1 amide bonds. The Morgan fingerprint density at radius 1 is 1.52 bits per heavy atom. The molecule has 110 valence electrons. The van der Waals surface area contributed by atoms with Gasteiger partial charge in [0.25, 0.3) is 5.91 Å². The number of aryl methyl sites for hydroxylation is 1. The first kappa shape index (κ1) is 15.6. The van der Waals surface area contributed by atoms with Crippen molar-refractivity contribution in [2.45, 2.75) is 20.0 Å². The van der Waals surface area contributed by atoms with Crippen LogP contribution in [0.2, 0.25) is 5.02 Å². The van der Waals surface area contributed by atoms with Gasteiger partial charge in [-0.15, -0.1) is 11.3 Å². The summed E-state index contributed by atoms with van der Waals surface area (Å²) >= 11 is 7.44. The molecule has 0 unspecified atom stereocenters. The van der Waals surface area contributed by atoms with Gasteiger partial charge in [0, 0.05) is 28.6 Å². The summed E-state index contributed by atoms with van der Waals surface area (Å²) in [4.78, 5) is 13.1. The minimum Gasteiger partial charge on any atom is -0.384 e. The topological polar surface area (TPSA) is 54.3 Å². The maximum absolute atomic E-state index is 12.1. The van der Waals surface area contributed by atoms with Gasteiger partial charge in [0.2, 0.25) is 0 Å². The molecular weight excluding hydrogens is 308 g/mol. The molecule has 0 bridgehead atoms. The normalized spacial score (nSPS) is 10.0. The number of aromatic nitrogens is 1. The van der Waals surface area contributed by atoms with Crippen LogP contribution >= 0.6 is 22.9 Å². The van der Waals surface area contributed by atoms with Crippen LogP contribution in [0.4, 0.5) is 0 Å². The molecule has 6 heteroatoms. The first-order chi connectivity index (χ1) is 10.1. The molecule has 0 saturated carbocycles. The van der Waals surface area contributed by atoms with Crippen molar-refractivity contribution in [3.63, 3.8) is 0 Å². The average molecular weight is 323 g/mol. The number of hydrogen-bond donors (Lipinski definition) is 2. The lowest BCUT2D eigenvalue weighted by Gasteiger charge is -2.06. The molecule has 2 rings (SSSR count). The van der Waals surface area contributed by atoms with E-state index >= 15 is 0 Å². The van der Waals surface area contributed by atoms with Crippen molar-refractivity contribution < 1.29 is 9.90 Å². The third kappa shape index (κ3) is 4.11. The number of carbonyl (C=O) groups excluding carboxylic acids is 1. The van der Waals surface area contributed by atoms with Gasteiger partial charge in [-0.1, -0.05) is 23.4 Å². The lowest BCUT2D eigenvalue weighted by Crippen LogP contribution is -2.24. The van der Waals surface area contributed by atoms with Gasteiger partial charge < -0.3 is 15.0 Å². The molecule has 0 aliphatic heterocycles. The van der Waals surface area contributed by atoms with Gasteiger partial charge in [0.1, 0.15) is 12.3 Å². The first-order valence-electron chi connectivity index (χ1n) is 6.45. The number of aliphatic hydroxyl groups is 1. The third-order valence-electron chi connectivity index (χ3n) is 2.83. The molecule has 0 aliphatic carbocycles. The standard InChI is InChI=1S/C15H15ClN2O2S/c1-2-18-9-12(16)7-14(18)15(20)17-8-13-6-11(10-21-13)4-3-5-19/h6-7,9-10,19H,2,5,8H2,1H3,(H,17,20). The van der Waals surface area contributed by atoms with Gasteiger partial charge in [-0.2, -0.15) is 0 Å². The molecule has 2 aromatic heterocycles. The van der Waals surface area contributed by atoms with Gasteiger partial charge in [-0.25, -0.2) is 0 Å². The van der Waals surface area contributed by atoms with Crippen molar-refractivity contribution in [1.29, 1.82) is 0 Å². The van der Waals surface area contributed by atoms with Crippen LogP contribution in [-0.4, -0.2) is 22.2 Å². The smallest absolute Gasteiger partial charge is 0.268 e. The fraction of sp³-hybridized carbons (Fsp3) is 0.267. The zero-order valence-electron chi connectivity index (χ0n) is 11.5. The Bertz CT molecular complexity index is 694. The second-order valence-electron chi connectivity index (χ2n) is 4.27. The molecule has 0 saturated heterocycles. The van der Waals surface area contributed by atoms with Crippen LogP contribution in [0.15, 0.2) is 23.7 Å². The number of nitrogens with one attached hydrogen (secondary N) is 1. The Morgan fingerprint density at radius 3 is 3.05 bits per heavy atom. The van der Waals surface area contributed by atoms with Crippen molar-refractivity contribution in [2.75, 3.05) is 6.61 Å². The molecule has 2 N–H and O–H groups in total. The van der Waals surface area contributed by atoms with Crippen molar-refractivity contribution >= 4 is 28.8 Å². The number of rotatable bonds is 4. The number of nitrogens with zero attached hydrogens (tertiary/aromatic N) is 1. The van der Waals surface area contributed by atoms with Crippen LogP contribution in [0.5, 0.6) is 0 Å². The summed E-state index contributed by atoms with van der Waals surface area (Å²) in [6.07, 6.45) is 1.74. The Balaban J connectivity index is 1.99. The van der Waals surface area contributed by atoms with Crippen LogP contribution in [0.3, 0.4) is 0 Å². The van der Waals surface area contributed by atoms with Gasteiger partial charge in [0.05, 0.1) is 11.6 Å². The summed E-state index contributed by atoms with van der Waals surface area (Å²) in [5.74, 6) is 5.27. The largest absolute Gasteiger partial charge is 0.384 e. The van der Waals surface area contributed by atoms with Crippen molar-refractivity contribution in [3.8, 4) is 11.8 Å². The highest BCUT2D eigenvalue weighted by Crippen LogP contribution is 2.16. The summed E-state index contributed by atoms with van der Waals surface area (Å²) < 4.78 is 1.81. The highest BCUT2D eigenvalue weighted by Gasteiger charge is 2.12. The van der Waals surface area contributed by atoms with Crippen molar-refractivity contribution in [1.82, 2.24) is 9.88 Å². The van der Waals surface area contributed by atoms with Crippen LogP contribution in [-0.2, 0) is 13.1 Å². The molecule has 2 heterocycles. The van der Waals surface area contributed by atoms with Crippen LogP contribution < -0.4 is 5.32 Å². The highest BCUT2D eigenvalue weighted by atomic mass is 35.5. The molecule has 21 heavy (non-hydrogen) atoms. The van der Waals surface area contributed by atoms with E-state index in [9.17, 15) is 4.79 Å². The summed E-state index contributed by atoms with van der Waals surface area (Å²) in [6, 6.07) is 3.56. The second-order valence-corrected chi connectivity index (χ2v) is 5.71. The molecule has 0 fully saturated rings. The van der Waals surface area contributed by atoms with Gasteiger partial charge in [-0.3, -0.25) is 4.79 Å². The molecule has 0 spiro atoms. The van der Waals surface area contributed by atoms with Crippen molar-refractivity contribution in [3.05, 3.63) is 44.9 Å². The summed E-state index contributed by atoms with van der Waals surface area (Å²) in [7, 11) is 0. The number of halogens is 1. The van der Waals surface area contributed by atoms with Gasteiger partial charge >= 0.3 is 0 Å². The molecular formula is C15H15ClN2O2S. The molecule has 0 atom stereocenters. The minimum absolute atomic E-state index is 0.153. The van der Waals surface area contributed by atoms with E-state index in [1.807, 2.05) is 22.9 Å². The molecule has 4 nitrogen and oxygen atoms in total. The monoisotopic (exact) mass is 322 g/mol. The predicted molar refractivity (Wildman–Crippen MR) is 84.6 cm³/mol. The fourth-order valence-electron chi connectivity index (χ4n) is 1.87. The van der Waals surface area contributed by atoms with E-state index < -0.39 is 0 Å². The third-order valence-corrected chi connectivity index (χ3v) is 3.97. The summed E-state index contributed by atoms with van der Waals surface area (Å²) in [6.45, 7) is 2.93. The molecule has 0 aromatic carbocycles. The number of thiophene rings is 1. The zero-order chi connectivity index (χ0) is 15.2. The Labute approximate surface area is 132 Å². The maximum Gasteiger partial charge on any atom is 0.268 e. The van der Waals surface area contributed by atoms with Gasteiger partial charge in [0.15, 0.2) is 0 Å². The fourth-order valence-corrected chi connectivity index (χ4v) is 2.84. The second kappa shape index (κ2) is 7.32. The van der Waals surface area contributed by atoms with Crippen LogP contribution in [0.25, 0.3) is 0 Å². The van der Waals surface area contributed by atoms with E-state index in [0.717, 1.165) is 10.4 Å². The maximum atomic E-state index is 12.1. The molecule has 0 aliphatic rings. The van der Waals surface area contributed by atoms with E-state index in [-0.39, 0.29) is 12.5 Å². The zero-order valence-corrected chi connectivity index (χ0v) is 13.1. The summed E-state index contributed by atoms with van der Waals surface area (Å²) in [5.41, 5.74) is 1.40. The lowest BCUT2D eigenvalue weighted by atomic mass is 10.3. The number of aliphatic hydroxyl groups excluding tert-OH is 1. The Kier molecular flexibility index (Phi) is 5.45. The highest BCUT2D eigenvalue weighted by molar-refractivity contribution is 7.10. The first-order valence-corrected chi connectivity index (χ1v) is 7.70. The minimum atomic E-state index is -0.156. The van der Waals surface area contributed by atoms with E-state index in [1.54, 1.807) is 12.3 Å². The van der Waals surface area contributed by atoms with Gasteiger partial charge in [-0.05, 0) is 19.1 Å². The molecule has 2 aromatic rings. The number of carbonyl (C=O) groups is 1. The van der Waals surface area contributed by atoms with E-state index in [0.29, 0.717) is 23.8 Å². The van der Waals surface area contributed by atoms with E-state index in [4.69, 9.17) is 16.7 Å². The van der Waals surface area contributed by atoms with Crippen molar-refractivity contribution in [2.24, 2.45) is 0 Å². The Hall–Kier alpha value is -1.74. The average Bonchev–Trinajstić information content (AvgIpc) is 3.08. The predicted octanol–water partition coefficient (Wildman–Crippen LogP) is 2.50. The van der Waals surface area contributed by atoms with Crippen LogP contribution in [0, 0.1) is 11.8 Å². The lowest BCUT2D eigenvalue weighted by molar-refractivity contribution is 0.0942. The molecule has 0 radical (unpaired) electrons. The quantitative estimate of drug-likeness (QED) is 0.850. The van der Waals surface area contributed by atoms with E-state index in [2.05, 4.69) is 17.2 Å². The van der Waals surface area contributed by atoms with Crippen LogP contribution in [0.1, 0.15) is 27.9 Å². The number of amides is 1. The number of hydrogen-bond acceptors (Lipinski definition) is 3. The SMILES string of the molecule is CCn1cc(Cl)cc1C(=O)NCc1cc(C#CCO)cs1.